The van der Waals surface area contributed by atoms with E-state index in [9.17, 15) is 9.90 Å². The highest BCUT2D eigenvalue weighted by molar-refractivity contribution is 9.10. The lowest BCUT2D eigenvalue weighted by Crippen LogP contribution is -2.41. The molecule has 1 aromatic rings. The second kappa shape index (κ2) is 5.65. The van der Waals surface area contributed by atoms with Crippen LogP contribution >= 0.6 is 15.9 Å². The predicted octanol–water partition coefficient (Wildman–Crippen LogP) is 2.85. The van der Waals surface area contributed by atoms with E-state index >= 15 is 0 Å². The van der Waals surface area contributed by atoms with Crippen molar-refractivity contribution in [3.8, 4) is 0 Å². The molecule has 0 aromatic heterocycles. The maximum absolute atomic E-state index is 11.1. The maximum Gasteiger partial charge on any atom is 0.309 e. The third-order valence-electron chi connectivity index (χ3n) is 2.93. The molecule has 0 aliphatic carbocycles. The number of rotatable bonds is 5. The van der Waals surface area contributed by atoms with Crippen molar-refractivity contribution in [2.24, 2.45) is 5.92 Å². The van der Waals surface area contributed by atoms with E-state index in [2.05, 4.69) is 15.9 Å². The van der Waals surface area contributed by atoms with Crippen LogP contribution in [0.3, 0.4) is 0 Å². The van der Waals surface area contributed by atoms with Gasteiger partial charge >= 0.3 is 5.97 Å². The Morgan fingerprint density at radius 3 is 2.35 bits per heavy atom. The molecule has 1 rings (SSSR count). The van der Waals surface area contributed by atoms with Crippen molar-refractivity contribution in [1.29, 1.82) is 0 Å². The Labute approximate surface area is 110 Å². The van der Waals surface area contributed by atoms with Crippen LogP contribution in [0.5, 0.6) is 0 Å². The van der Waals surface area contributed by atoms with Crippen LogP contribution in [0.1, 0.15) is 25.8 Å². The molecule has 4 heteroatoms. The smallest absolute Gasteiger partial charge is 0.309 e. The highest BCUT2D eigenvalue weighted by Crippen LogP contribution is 2.26. The van der Waals surface area contributed by atoms with Crippen molar-refractivity contribution in [3.63, 3.8) is 0 Å². The van der Waals surface area contributed by atoms with Crippen molar-refractivity contribution in [1.82, 2.24) is 0 Å². The van der Waals surface area contributed by atoms with Gasteiger partial charge in [0, 0.05) is 10.9 Å². The quantitative estimate of drug-likeness (QED) is 0.879. The third-order valence-corrected chi connectivity index (χ3v) is 3.46. The van der Waals surface area contributed by atoms with Gasteiger partial charge in [-0.3, -0.25) is 4.79 Å². The van der Waals surface area contributed by atoms with Gasteiger partial charge in [0.2, 0.25) is 0 Å². The Balaban J connectivity index is 2.84. The summed E-state index contributed by atoms with van der Waals surface area (Å²) < 4.78 is 0.964. The minimum absolute atomic E-state index is 0.338. The Kier molecular flexibility index (Phi) is 4.71. The summed E-state index contributed by atoms with van der Waals surface area (Å²) in [6.45, 7) is 3.35. The summed E-state index contributed by atoms with van der Waals surface area (Å²) in [7, 11) is 0. The second-order valence-corrected chi connectivity index (χ2v) is 5.38. The fraction of sp³-hybridized carbons (Fsp3) is 0.462. The van der Waals surface area contributed by atoms with Gasteiger partial charge in [0.05, 0.1) is 11.5 Å². The van der Waals surface area contributed by atoms with Crippen LogP contribution in [-0.2, 0) is 11.2 Å². The summed E-state index contributed by atoms with van der Waals surface area (Å²) in [5, 5.41) is 19.3. The van der Waals surface area contributed by atoms with Gasteiger partial charge in [-0.25, -0.2) is 0 Å². The molecular weight excluding hydrogens is 284 g/mol. The molecule has 1 aromatic carbocycles. The first-order valence-corrected chi connectivity index (χ1v) is 6.35. The molecule has 0 aliphatic rings. The monoisotopic (exact) mass is 300 g/mol. The largest absolute Gasteiger partial charge is 0.481 e. The van der Waals surface area contributed by atoms with E-state index in [1.807, 2.05) is 24.3 Å². The van der Waals surface area contributed by atoms with Gasteiger partial charge in [-0.05, 0) is 31.0 Å². The van der Waals surface area contributed by atoms with Crippen LogP contribution in [0.4, 0.5) is 0 Å². The molecule has 0 heterocycles. The summed E-state index contributed by atoms with van der Waals surface area (Å²) >= 11 is 3.33. The number of carboxylic acid groups (broad SMARTS) is 1. The zero-order valence-corrected chi connectivity index (χ0v) is 11.6. The normalized spacial score (nSPS) is 16.2. The minimum Gasteiger partial charge on any atom is -0.481 e. The number of hydrogen-bond donors (Lipinski definition) is 2. The molecule has 2 atom stereocenters. The molecule has 94 valence electrons. The molecule has 0 bridgehead atoms. The lowest BCUT2D eigenvalue weighted by molar-refractivity contribution is -0.151. The molecule has 0 saturated heterocycles. The molecule has 0 spiro atoms. The van der Waals surface area contributed by atoms with Gasteiger partial charge in [0.15, 0.2) is 0 Å². The molecule has 2 unspecified atom stereocenters. The van der Waals surface area contributed by atoms with Crippen LogP contribution in [0.25, 0.3) is 0 Å². The molecule has 0 aliphatic heterocycles. The first-order valence-electron chi connectivity index (χ1n) is 5.56. The maximum atomic E-state index is 11.1. The Morgan fingerprint density at radius 2 is 1.94 bits per heavy atom. The summed E-state index contributed by atoms with van der Waals surface area (Å²) in [5.41, 5.74) is -0.299. The van der Waals surface area contributed by atoms with Crippen molar-refractivity contribution in [3.05, 3.63) is 34.3 Å². The molecule has 0 radical (unpaired) electrons. The standard InChI is InChI=1S/C13H17BrO3/c1-3-11(12(15)16)13(2,17)8-9-4-6-10(14)7-5-9/h4-7,11,17H,3,8H2,1-2H3,(H,15,16). The fourth-order valence-corrected chi connectivity index (χ4v) is 2.28. The molecular formula is C13H17BrO3. The van der Waals surface area contributed by atoms with Crippen LogP contribution in [0.2, 0.25) is 0 Å². The van der Waals surface area contributed by atoms with Crippen molar-refractivity contribution in [2.45, 2.75) is 32.3 Å². The first-order chi connectivity index (χ1) is 7.86. The first kappa shape index (κ1) is 14.2. The van der Waals surface area contributed by atoms with E-state index in [-0.39, 0.29) is 0 Å². The van der Waals surface area contributed by atoms with E-state index in [4.69, 9.17) is 5.11 Å². The van der Waals surface area contributed by atoms with E-state index < -0.39 is 17.5 Å². The number of carbonyl (C=O) groups is 1. The number of carboxylic acids is 1. The van der Waals surface area contributed by atoms with Crippen LogP contribution in [0.15, 0.2) is 28.7 Å². The molecule has 17 heavy (non-hydrogen) atoms. The Hall–Kier alpha value is -0.870. The minimum atomic E-state index is -1.23. The summed E-state index contributed by atoms with van der Waals surface area (Å²) in [6.07, 6.45) is 0.754. The SMILES string of the molecule is CCC(C(=O)O)C(C)(O)Cc1ccc(Br)cc1. The fourth-order valence-electron chi connectivity index (χ4n) is 2.02. The van der Waals surface area contributed by atoms with E-state index in [0.717, 1.165) is 10.0 Å². The number of halogens is 1. The Bertz CT molecular complexity index is 384. The van der Waals surface area contributed by atoms with Gasteiger partial charge in [-0.15, -0.1) is 0 Å². The number of aliphatic hydroxyl groups is 1. The predicted molar refractivity (Wildman–Crippen MR) is 69.9 cm³/mol. The van der Waals surface area contributed by atoms with E-state index in [1.165, 1.54) is 0 Å². The molecule has 0 fully saturated rings. The van der Waals surface area contributed by atoms with Crippen molar-refractivity contribution in [2.75, 3.05) is 0 Å². The summed E-state index contributed by atoms with van der Waals surface area (Å²) in [5.74, 6) is -1.69. The number of hydrogen-bond acceptors (Lipinski definition) is 2. The zero-order valence-electron chi connectivity index (χ0n) is 9.98. The van der Waals surface area contributed by atoms with Crippen molar-refractivity contribution >= 4 is 21.9 Å². The lowest BCUT2D eigenvalue weighted by atomic mass is 9.82. The van der Waals surface area contributed by atoms with Crippen molar-refractivity contribution < 1.29 is 15.0 Å². The summed E-state index contributed by atoms with van der Waals surface area (Å²) in [6, 6.07) is 7.53. The van der Waals surface area contributed by atoms with Gasteiger partial charge in [0.25, 0.3) is 0 Å². The van der Waals surface area contributed by atoms with Gasteiger partial charge in [-0.1, -0.05) is 35.0 Å². The molecule has 0 saturated carbocycles. The molecule has 2 N–H and O–H groups in total. The topological polar surface area (TPSA) is 57.5 Å². The molecule has 0 amide bonds. The number of aliphatic carboxylic acids is 1. The lowest BCUT2D eigenvalue weighted by Gasteiger charge is -2.29. The highest BCUT2D eigenvalue weighted by Gasteiger charge is 2.36. The van der Waals surface area contributed by atoms with E-state index in [0.29, 0.717) is 12.8 Å². The number of benzene rings is 1. The van der Waals surface area contributed by atoms with Crippen LogP contribution in [-0.4, -0.2) is 21.8 Å². The third kappa shape index (κ3) is 3.82. The van der Waals surface area contributed by atoms with Crippen LogP contribution in [0, 0.1) is 5.92 Å². The summed E-state index contributed by atoms with van der Waals surface area (Å²) in [4.78, 5) is 11.1. The second-order valence-electron chi connectivity index (χ2n) is 4.46. The zero-order chi connectivity index (χ0) is 13.1. The van der Waals surface area contributed by atoms with Gasteiger partial charge in [-0.2, -0.15) is 0 Å². The average molecular weight is 301 g/mol. The van der Waals surface area contributed by atoms with E-state index in [1.54, 1.807) is 13.8 Å². The highest BCUT2D eigenvalue weighted by atomic mass is 79.9. The van der Waals surface area contributed by atoms with Gasteiger partial charge in [0.1, 0.15) is 0 Å². The van der Waals surface area contributed by atoms with Gasteiger partial charge < -0.3 is 10.2 Å². The molecule has 3 nitrogen and oxygen atoms in total. The average Bonchev–Trinajstić information content (AvgIpc) is 2.21. The Morgan fingerprint density at radius 1 is 1.41 bits per heavy atom. The van der Waals surface area contributed by atoms with Crippen LogP contribution < -0.4 is 0 Å².